The van der Waals surface area contributed by atoms with Gasteiger partial charge in [0.05, 0.1) is 12.7 Å². The van der Waals surface area contributed by atoms with Crippen molar-refractivity contribution in [2.75, 3.05) is 26.2 Å². The van der Waals surface area contributed by atoms with Gasteiger partial charge in [-0.15, -0.1) is 0 Å². The first-order valence-corrected chi connectivity index (χ1v) is 7.27. The van der Waals surface area contributed by atoms with Gasteiger partial charge in [0, 0.05) is 37.4 Å². The van der Waals surface area contributed by atoms with Gasteiger partial charge in [0.1, 0.15) is 11.8 Å². The van der Waals surface area contributed by atoms with E-state index in [1.54, 1.807) is 6.20 Å². The van der Waals surface area contributed by atoms with Gasteiger partial charge in [-0.05, 0) is 25.5 Å². The zero-order chi connectivity index (χ0) is 13.8. The summed E-state index contributed by atoms with van der Waals surface area (Å²) >= 11 is 0. The monoisotopic (exact) mass is 272 g/mol. The van der Waals surface area contributed by atoms with Crippen LogP contribution in [0.1, 0.15) is 24.1 Å². The molecule has 2 unspecified atom stereocenters. The Balaban J connectivity index is 1.47. The molecular formula is C15H20N4O. The molecular weight excluding hydrogens is 252 g/mol. The number of ether oxygens (including phenoxy) is 1. The van der Waals surface area contributed by atoms with Crippen LogP contribution in [0.25, 0.3) is 0 Å². The van der Waals surface area contributed by atoms with Crippen LogP contribution in [-0.4, -0.2) is 48.3 Å². The molecule has 2 aliphatic rings. The van der Waals surface area contributed by atoms with E-state index in [1.807, 2.05) is 12.1 Å². The van der Waals surface area contributed by atoms with Crippen molar-refractivity contribution in [2.45, 2.75) is 31.5 Å². The molecule has 0 bridgehead atoms. The smallest absolute Gasteiger partial charge is 0.144 e. The molecule has 2 atom stereocenters. The molecule has 106 valence electrons. The second-order valence-corrected chi connectivity index (χ2v) is 5.50. The largest absolute Gasteiger partial charge is 0.374 e. The second-order valence-electron chi connectivity index (χ2n) is 5.50. The number of hydrogen-bond acceptors (Lipinski definition) is 5. The van der Waals surface area contributed by atoms with Crippen LogP contribution in [0.2, 0.25) is 0 Å². The minimum Gasteiger partial charge on any atom is -0.374 e. The molecule has 5 nitrogen and oxygen atoms in total. The van der Waals surface area contributed by atoms with Crippen molar-refractivity contribution in [3.63, 3.8) is 0 Å². The highest BCUT2D eigenvalue weighted by Gasteiger charge is 2.31. The molecule has 2 fully saturated rings. The quantitative estimate of drug-likeness (QED) is 0.882. The average molecular weight is 272 g/mol. The molecule has 2 aliphatic heterocycles. The summed E-state index contributed by atoms with van der Waals surface area (Å²) in [5, 5.41) is 12.4. The van der Waals surface area contributed by atoms with Gasteiger partial charge >= 0.3 is 0 Å². The van der Waals surface area contributed by atoms with Crippen molar-refractivity contribution >= 4 is 0 Å². The minimum atomic E-state index is 0.256. The Labute approximate surface area is 119 Å². The molecule has 0 aliphatic carbocycles. The maximum Gasteiger partial charge on any atom is 0.144 e. The third-order valence-corrected chi connectivity index (χ3v) is 4.15. The van der Waals surface area contributed by atoms with Crippen LogP contribution in [0, 0.1) is 11.3 Å². The minimum absolute atomic E-state index is 0.256. The summed E-state index contributed by atoms with van der Waals surface area (Å²) < 4.78 is 5.90. The highest BCUT2D eigenvalue weighted by Crippen LogP contribution is 2.22. The van der Waals surface area contributed by atoms with Crippen molar-refractivity contribution in [2.24, 2.45) is 0 Å². The zero-order valence-corrected chi connectivity index (χ0v) is 11.6. The molecule has 0 saturated carbocycles. The molecule has 1 aromatic heterocycles. The fourth-order valence-electron chi connectivity index (χ4n) is 3.06. The Hall–Kier alpha value is -1.48. The van der Waals surface area contributed by atoms with Gasteiger partial charge in [-0.25, -0.2) is 4.98 Å². The van der Waals surface area contributed by atoms with Gasteiger partial charge in [-0.3, -0.25) is 4.90 Å². The Kier molecular flexibility index (Phi) is 4.26. The number of fused-ring (bicyclic) bond motifs is 1. The number of morpholine rings is 1. The molecule has 5 heteroatoms. The van der Waals surface area contributed by atoms with Crippen LogP contribution in [-0.2, 0) is 11.3 Å². The molecule has 20 heavy (non-hydrogen) atoms. The van der Waals surface area contributed by atoms with Crippen molar-refractivity contribution in [1.29, 1.82) is 5.26 Å². The number of aromatic nitrogens is 1. The third kappa shape index (κ3) is 2.98. The summed E-state index contributed by atoms with van der Waals surface area (Å²) in [4.78, 5) is 6.61. The summed E-state index contributed by atoms with van der Waals surface area (Å²) in [6.45, 7) is 4.59. The van der Waals surface area contributed by atoms with Crippen molar-refractivity contribution in [3.8, 4) is 6.07 Å². The lowest BCUT2D eigenvalue weighted by Crippen LogP contribution is -2.49. The zero-order valence-electron chi connectivity index (χ0n) is 11.6. The molecule has 1 aromatic rings. The Morgan fingerprint density at radius 2 is 2.50 bits per heavy atom. The first kappa shape index (κ1) is 13.5. The van der Waals surface area contributed by atoms with Crippen LogP contribution < -0.4 is 5.32 Å². The van der Waals surface area contributed by atoms with E-state index in [9.17, 15) is 0 Å². The number of hydrogen-bond donors (Lipinski definition) is 1. The Morgan fingerprint density at radius 3 is 3.40 bits per heavy atom. The summed E-state index contributed by atoms with van der Waals surface area (Å²) in [6, 6.07) is 6.58. The first-order valence-electron chi connectivity index (χ1n) is 7.27. The number of rotatable bonds is 4. The van der Waals surface area contributed by atoms with Crippen molar-refractivity contribution in [1.82, 2.24) is 15.2 Å². The fraction of sp³-hybridized carbons (Fsp3) is 0.600. The van der Waals surface area contributed by atoms with Crippen LogP contribution in [0.4, 0.5) is 0 Å². The maximum atomic E-state index is 9.00. The molecule has 2 saturated heterocycles. The highest BCUT2D eigenvalue weighted by molar-refractivity contribution is 5.30. The molecule has 0 amide bonds. The van der Waals surface area contributed by atoms with E-state index in [4.69, 9.17) is 10.00 Å². The lowest BCUT2D eigenvalue weighted by molar-refractivity contribution is -0.0470. The van der Waals surface area contributed by atoms with E-state index in [-0.39, 0.29) is 6.10 Å². The van der Waals surface area contributed by atoms with Crippen LogP contribution in [0.5, 0.6) is 0 Å². The van der Waals surface area contributed by atoms with Crippen LogP contribution in [0.15, 0.2) is 18.3 Å². The van der Waals surface area contributed by atoms with Gasteiger partial charge < -0.3 is 10.1 Å². The lowest BCUT2D eigenvalue weighted by atomic mass is 10.1. The summed E-state index contributed by atoms with van der Waals surface area (Å²) in [7, 11) is 0. The fourth-order valence-corrected chi connectivity index (χ4v) is 3.06. The van der Waals surface area contributed by atoms with Gasteiger partial charge in [0.15, 0.2) is 0 Å². The first-order chi connectivity index (χ1) is 9.86. The van der Waals surface area contributed by atoms with E-state index >= 15 is 0 Å². The van der Waals surface area contributed by atoms with E-state index in [0.29, 0.717) is 18.3 Å². The Bertz CT molecular complexity index is 499. The van der Waals surface area contributed by atoms with E-state index in [0.717, 1.165) is 25.3 Å². The molecule has 0 radical (unpaired) electrons. The second kappa shape index (κ2) is 6.31. The van der Waals surface area contributed by atoms with Gasteiger partial charge in [-0.2, -0.15) is 5.26 Å². The Morgan fingerprint density at radius 1 is 1.55 bits per heavy atom. The number of nitrogens with zero attached hydrogens (tertiary/aromatic N) is 3. The van der Waals surface area contributed by atoms with Gasteiger partial charge in [0.2, 0.25) is 0 Å². The average Bonchev–Trinajstić information content (AvgIpc) is 2.95. The molecule has 0 aromatic carbocycles. The summed E-state index contributed by atoms with van der Waals surface area (Å²) in [6.07, 6.45) is 4.49. The number of nitrogens with one attached hydrogen (secondary N) is 1. The van der Waals surface area contributed by atoms with Gasteiger partial charge in [0.25, 0.3) is 0 Å². The van der Waals surface area contributed by atoms with E-state index < -0.39 is 0 Å². The molecule has 0 spiro atoms. The normalized spacial score (nSPS) is 26.1. The van der Waals surface area contributed by atoms with Crippen LogP contribution >= 0.6 is 0 Å². The highest BCUT2D eigenvalue weighted by atomic mass is 16.5. The third-order valence-electron chi connectivity index (χ3n) is 4.15. The summed E-state index contributed by atoms with van der Waals surface area (Å²) in [5.41, 5.74) is 1.45. The lowest BCUT2D eigenvalue weighted by Gasteiger charge is -2.35. The van der Waals surface area contributed by atoms with E-state index in [2.05, 4.69) is 21.3 Å². The maximum absolute atomic E-state index is 9.00. The molecule has 1 N–H and O–H groups in total. The van der Waals surface area contributed by atoms with Gasteiger partial charge in [-0.1, -0.05) is 6.07 Å². The van der Waals surface area contributed by atoms with Crippen molar-refractivity contribution < 1.29 is 4.74 Å². The SMILES string of the molecule is N#Cc1ncccc1CNCC1CN2CCCC2CO1. The van der Waals surface area contributed by atoms with Crippen LogP contribution in [0.3, 0.4) is 0 Å². The predicted octanol–water partition coefficient (Wildman–Crippen LogP) is 0.906. The topological polar surface area (TPSA) is 61.2 Å². The molecule has 3 heterocycles. The predicted molar refractivity (Wildman–Crippen MR) is 75.0 cm³/mol. The molecule has 3 rings (SSSR count). The number of pyridine rings is 1. The van der Waals surface area contributed by atoms with E-state index in [1.165, 1.54) is 19.4 Å². The summed E-state index contributed by atoms with van der Waals surface area (Å²) in [5.74, 6) is 0. The van der Waals surface area contributed by atoms with Crippen molar-refractivity contribution in [3.05, 3.63) is 29.6 Å². The number of nitriles is 1. The standard InChI is InChI=1S/C15H20N4O/c16-7-15-12(3-1-5-18-15)8-17-9-14-10-19-6-2-4-13(19)11-20-14/h1,3,5,13-14,17H,2,4,6,8-11H2.